The standard InChI is InChI=1S/C24H28N4O3/c1-16(2)28-23-20(14-25-28)19(13-21(26-23)18-7-5-4-6-8-18)24(30)31-15-22(29)27-11-9-17(3)10-12-27/h4-8,13-14,16-17H,9-12,15H2,1-3H3. The van der Waals surface area contributed by atoms with Crippen molar-refractivity contribution in [1.82, 2.24) is 19.7 Å². The summed E-state index contributed by atoms with van der Waals surface area (Å²) in [6, 6.07) is 11.5. The first kappa shape index (κ1) is 21.0. The van der Waals surface area contributed by atoms with Gasteiger partial charge in [-0.15, -0.1) is 0 Å². The number of hydrogen-bond acceptors (Lipinski definition) is 5. The van der Waals surface area contributed by atoms with Crippen LogP contribution >= 0.6 is 0 Å². The van der Waals surface area contributed by atoms with Gasteiger partial charge in [-0.25, -0.2) is 14.5 Å². The normalized spacial score (nSPS) is 14.9. The van der Waals surface area contributed by atoms with Gasteiger partial charge in [0.2, 0.25) is 0 Å². The molecule has 0 unspecified atom stereocenters. The minimum atomic E-state index is -0.536. The Hall–Kier alpha value is -3.22. The van der Waals surface area contributed by atoms with E-state index < -0.39 is 5.97 Å². The van der Waals surface area contributed by atoms with Crippen molar-refractivity contribution in [1.29, 1.82) is 0 Å². The van der Waals surface area contributed by atoms with Crippen molar-refractivity contribution < 1.29 is 14.3 Å². The lowest BCUT2D eigenvalue weighted by atomic mass is 9.99. The summed E-state index contributed by atoms with van der Waals surface area (Å²) in [5.41, 5.74) is 2.56. The molecule has 31 heavy (non-hydrogen) atoms. The molecule has 0 N–H and O–H groups in total. The summed E-state index contributed by atoms with van der Waals surface area (Å²) >= 11 is 0. The van der Waals surface area contributed by atoms with Crippen LogP contribution in [0.4, 0.5) is 0 Å². The number of benzene rings is 1. The summed E-state index contributed by atoms with van der Waals surface area (Å²) in [6.45, 7) is 7.40. The van der Waals surface area contributed by atoms with Crippen molar-refractivity contribution >= 4 is 22.9 Å². The number of amides is 1. The summed E-state index contributed by atoms with van der Waals surface area (Å²) in [5.74, 6) is -0.0519. The van der Waals surface area contributed by atoms with Gasteiger partial charge in [0, 0.05) is 24.7 Å². The Morgan fingerprint density at radius 1 is 1.16 bits per heavy atom. The molecule has 0 aliphatic carbocycles. The van der Waals surface area contributed by atoms with Crippen LogP contribution in [0, 0.1) is 5.92 Å². The average Bonchev–Trinajstić information content (AvgIpc) is 3.22. The van der Waals surface area contributed by atoms with E-state index in [0.717, 1.165) is 31.5 Å². The van der Waals surface area contributed by atoms with Gasteiger partial charge in [-0.3, -0.25) is 4.79 Å². The number of piperidine rings is 1. The summed E-state index contributed by atoms with van der Waals surface area (Å²) < 4.78 is 7.23. The molecule has 0 saturated carbocycles. The van der Waals surface area contributed by atoms with Crippen molar-refractivity contribution in [2.45, 2.75) is 39.7 Å². The predicted molar refractivity (Wildman–Crippen MR) is 119 cm³/mol. The van der Waals surface area contributed by atoms with Crippen LogP contribution in [0.25, 0.3) is 22.3 Å². The molecule has 1 saturated heterocycles. The lowest BCUT2D eigenvalue weighted by molar-refractivity contribution is -0.135. The maximum Gasteiger partial charge on any atom is 0.339 e. The first-order chi connectivity index (χ1) is 14.9. The van der Waals surface area contributed by atoms with Crippen LogP contribution < -0.4 is 0 Å². The Morgan fingerprint density at radius 3 is 2.55 bits per heavy atom. The fourth-order valence-electron chi connectivity index (χ4n) is 3.88. The topological polar surface area (TPSA) is 77.3 Å². The molecule has 0 radical (unpaired) electrons. The third-order valence-corrected chi connectivity index (χ3v) is 5.81. The van der Waals surface area contributed by atoms with Gasteiger partial charge in [0.25, 0.3) is 5.91 Å². The average molecular weight is 421 g/mol. The number of likely N-dealkylation sites (tertiary alicyclic amines) is 1. The maximum absolute atomic E-state index is 13.0. The highest BCUT2D eigenvalue weighted by Crippen LogP contribution is 2.27. The number of ether oxygens (including phenoxy) is 1. The Kier molecular flexibility index (Phi) is 6.02. The minimum absolute atomic E-state index is 0.0861. The summed E-state index contributed by atoms with van der Waals surface area (Å²) in [4.78, 5) is 32.1. The highest BCUT2D eigenvalue weighted by Gasteiger charge is 2.23. The Morgan fingerprint density at radius 2 is 1.87 bits per heavy atom. The van der Waals surface area contributed by atoms with Crippen molar-refractivity contribution in [3.8, 4) is 11.3 Å². The molecule has 3 heterocycles. The zero-order chi connectivity index (χ0) is 22.0. The van der Waals surface area contributed by atoms with Gasteiger partial charge in [-0.1, -0.05) is 37.3 Å². The highest BCUT2D eigenvalue weighted by atomic mass is 16.5. The van der Waals surface area contributed by atoms with E-state index >= 15 is 0 Å². The van der Waals surface area contributed by atoms with Crippen molar-refractivity contribution in [2.75, 3.05) is 19.7 Å². The number of carbonyl (C=O) groups excluding carboxylic acids is 2. The van der Waals surface area contributed by atoms with Crippen molar-refractivity contribution in [3.05, 3.63) is 48.2 Å². The zero-order valence-corrected chi connectivity index (χ0v) is 18.2. The zero-order valence-electron chi connectivity index (χ0n) is 18.2. The van der Waals surface area contributed by atoms with E-state index in [1.54, 1.807) is 21.8 Å². The molecular formula is C24H28N4O3. The van der Waals surface area contributed by atoms with Gasteiger partial charge < -0.3 is 9.64 Å². The molecule has 1 aliphatic rings. The smallest absolute Gasteiger partial charge is 0.339 e. The molecule has 4 rings (SSSR count). The fourth-order valence-corrected chi connectivity index (χ4v) is 3.88. The third kappa shape index (κ3) is 4.45. The largest absolute Gasteiger partial charge is 0.452 e. The summed E-state index contributed by atoms with van der Waals surface area (Å²) in [5, 5.41) is 5.04. The number of carbonyl (C=O) groups is 2. The van der Waals surface area contributed by atoms with Crippen LogP contribution in [-0.4, -0.2) is 51.2 Å². The van der Waals surface area contributed by atoms with Crippen LogP contribution in [0.15, 0.2) is 42.6 Å². The number of esters is 1. The number of pyridine rings is 1. The van der Waals surface area contributed by atoms with Crippen molar-refractivity contribution in [2.24, 2.45) is 5.92 Å². The molecule has 7 nitrogen and oxygen atoms in total. The molecule has 0 atom stereocenters. The second-order valence-corrected chi connectivity index (χ2v) is 8.48. The molecule has 0 bridgehead atoms. The highest BCUT2D eigenvalue weighted by molar-refractivity contribution is 6.04. The quantitative estimate of drug-likeness (QED) is 0.581. The molecule has 2 aromatic heterocycles. The molecular weight excluding hydrogens is 392 g/mol. The molecule has 1 fully saturated rings. The van der Waals surface area contributed by atoms with Gasteiger partial charge in [-0.05, 0) is 38.7 Å². The van der Waals surface area contributed by atoms with Gasteiger partial charge in [-0.2, -0.15) is 5.10 Å². The third-order valence-electron chi connectivity index (χ3n) is 5.81. The van der Waals surface area contributed by atoms with Crippen LogP contribution in [0.2, 0.25) is 0 Å². The number of hydrogen-bond donors (Lipinski definition) is 0. The second kappa shape index (κ2) is 8.88. The lowest BCUT2D eigenvalue weighted by Crippen LogP contribution is -2.40. The SMILES string of the molecule is CC1CCN(C(=O)COC(=O)c2cc(-c3ccccc3)nc3c2cnn3C(C)C)CC1. The van der Waals surface area contributed by atoms with Crippen molar-refractivity contribution in [3.63, 3.8) is 0 Å². The molecule has 1 aromatic carbocycles. The summed E-state index contributed by atoms with van der Waals surface area (Å²) in [6.07, 6.45) is 3.61. The monoisotopic (exact) mass is 420 g/mol. The van der Waals surface area contributed by atoms with E-state index in [-0.39, 0.29) is 18.6 Å². The predicted octanol–water partition coefficient (Wildman–Crippen LogP) is 4.09. The molecule has 7 heteroatoms. The minimum Gasteiger partial charge on any atom is -0.452 e. The maximum atomic E-state index is 13.0. The van der Waals surface area contributed by atoms with Gasteiger partial charge in [0.05, 0.1) is 22.8 Å². The molecule has 1 amide bonds. The number of aromatic nitrogens is 3. The molecule has 0 spiro atoms. The molecule has 3 aromatic rings. The van der Waals surface area contributed by atoms with E-state index in [1.165, 1.54) is 0 Å². The summed E-state index contributed by atoms with van der Waals surface area (Å²) in [7, 11) is 0. The van der Waals surface area contributed by atoms with Crippen LogP contribution in [0.3, 0.4) is 0 Å². The van der Waals surface area contributed by atoms with Gasteiger partial charge in [0.15, 0.2) is 12.3 Å². The number of rotatable bonds is 5. The van der Waals surface area contributed by atoms with E-state index in [4.69, 9.17) is 9.72 Å². The van der Waals surface area contributed by atoms with E-state index in [0.29, 0.717) is 28.2 Å². The lowest BCUT2D eigenvalue weighted by Gasteiger charge is -2.30. The first-order valence-corrected chi connectivity index (χ1v) is 10.8. The Balaban J connectivity index is 1.61. The van der Waals surface area contributed by atoms with E-state index in [9.17, 15) is 9.59 Å². The first-order valence-electron chi connectivity index (χ1n) is 10.8. The van der Waals surface area contributed by atoms with Gasteiger partial charge in [0.1, 0.15) is 0 Å². The Labute approximate surface area is 182 Å². The van der Waals surface area contributed by atoms with Crippen LogP contribution in [-0.2, 0) is 9.53 Å². The van der Waals surface area contributed by atoms with E-state index in [1.807, 2.05) is 44.2 Å². The molecule has 1 aliphatic heterocycles. The van der Waals surface area contributed by atoms with E-state index in [2.05, 4.69) is 12.0 Å². The van der Waals surface area contributed by atoms with Crippen LogP contribution in [0.5, 0.6) is 0 Å². The Bertz CT molecular complexity index is 1080. The second-order valence-electron chi connectivity index (χ2n) is 8.48. The number of nitrogens with zero attached hydrogens (tertiary/aromatic N) is 4. The fraction of sp³-hybridized carbons (Fsp3) is 0.417. The molecule has 162 valence electrons. The van der Waals surface area contributed by atoms with Gasteiger partial charge >= 0.3 is 5.97 Å². The number of fused-ring (bicyclic) bond motifs is 1. The van der Waals surface area contributed by atoms with Crippen LogP contribution in [0.1, 0.15) is 50.0 Å².